The van der Waals surface area contributed by atoms with Gasteiger partial charge in [-0.3, -0.25) is 0 Å². The molecule has 0 unspecified atom stereocenters. The number of amides is 2. The van der Waals surface area contributed by atoms with Crippen molar-refractivity contribution in [2.24, 2.45) is 0 Å². The third-order valence-corrected chi connectivity index (χ3v) is 2.38. The molecule has 0 aliphatic carbocycles. The number of hydrogen-bond acceptors (Lipinski definition) is 3. The van der Waals surface area contributed by atoms with Crippen molar-refractivity contribution in [3.63, 3.8) is 0 Å². The molecule has 1 aromatic rings. The number of hydrogen-bond donors (Lipinski definition) is 2. The highest BCUT2D eigenvalue weighted by Crippen LogP contribution is 2.07. The van der Waals surface area contributed by atoms with Gasteiger partial charge in [-0.1, -0.05) is 0 Å². The Labute approximate surface area is 81.4 Å². The van der Waals surface area contributed by atoms with Crippen LogP contribution in [0.2, 0.25) is 0 Å². The van der Waals surface area contributed by atoms with Crippen LogP contribution in [0.5, 0.6) is 0 Å². The predicted molar refractivity (Wildman–Crippen MR) is 53.0 cm³/mol. The molecular formula is C8H13N3OS. The summed E-state index contributed by atoms with van der Waals surface area (Å²) >= 11 is 1.63. The van der Waals surface area contributed by atoms with E-state index < -0.39 is 0 Å². The van der Waals surface area contributed by atoms with E-state index in [4.69, 9.17) is 0 Å². The van der Waals surface area contributed by atoms with Crippen LogP contribution in [0.3, 0.4) is 0 Å². The molecule has 2 amide bonds. The fourth-order valence-corrected chi connectivity index (χ4v) is 1.56. The first kappa shape index (κ1) is 9.98. The van der Waals surface area contributed by atoms with Crippen LogP contribution in [0.1, 0.15) is 10.7 Å². The number of nitrogens with zero attached hydrogens (tertiary/aromatic N) is 1. The number of thiazole rings is 1. The lowest BCUT2D eigenvalue weighted by atomic mass is 10.3. The smallest absolute Gasteiger partial charge is 0.314 e. The minimum atomic E-state index is -0.146. The van der Waals surface area contributed by atoms with Crippen molar-refractivity contribution >= 4 is 17.4 Å². The van der Waals surface area contributed by atoms with Gasteiger partial charge in [0.15, 0.2) is 0 Å². The van der Waals surface area contributed by atoms with Crippen molar-refractivity contribution < 1.29 is 4.79 Å². The summed E-state index contributed by atoms with van der Waals surface area (Å²) in [7, 11) is 1.60. The van der Waals surface area contributed by atoms with Crippen LogP contribution in [0.15, 0.2) is 5.38 Å². The summed E-state index contributed by atoms with van der Waals surface area (Å²) in [4.78, 5) is 15.0. The Hall–Kier alpha value is -1.10. The zero-order valence-corrected chi connectivity index (χ0v) is 8.57. The van der Waals surface area contributed by atoms with Gasteiger partial charge in [-0.2, -0.15) is 0 Å². The first-order valence-corrected chi connectivity index (χ1v) is 4.97. The molecule has 0 bridgehead atoms. The third kappa shape index (κ3) is 3.42. The van der Waals surface area contributed by atoms with Crippen molar-refractivity contribution in [2.45, 2.75) is 13.3 Å². The maximum Gasteiger partial charge on any atom is 0.314 e. The largest absolute Gasteiger partial charge is 0.341 e. The summed E-state index contributed by atoms with van der Waals surface area (Å²) < 4.78 is 0. The molecule has 0 radical (unpaired) electrons. The van der Waals surface area contributed by atoms with Crippen LogP contribution < -0.4 is 10.6 Å². The molecule has 0 saturated carbocycles. The van der Waals surface area contributed by atoms with Gasteiger partial charge in [0.05, 0.1) is 10.7 Å². The van der Waals surface area contributed by atoms with Crippen molar-refractivity contribution in [3.8, 4) is 0 Å². The molecule has 1 aromatic heterocycles. The Morgan fingerprint density at radius 2 is 2.46 bits per heavy atom. The van der Waals surface area contributed by atoms with Gasteiger partial charge < -0.3 is 10.6 Å². The van der Waals surface area contributed by atoms with E-state index in [1.54, 1.807) is 18.4 Å². The summed E-state index contributed by atoms with van der Waals surface area (Å²) in [6.07, 6.45) is 0.789. The van der Waals surface area contributed by atoms with Crippen LogP contribution in [-0.2, 0) is 6.42 Å². The average Bonchev–Trinajstić information content (AvgIpc) is 2.51. The van der Waals surface area contributed by atoms with Crippen molar-refractivity contribution in [3.05, 3.63) is 16.1 Å². The molecule has 4 nitrogen and oxygen atoms in total. The van der Waals surface area contributed by atoms with Crippen LogP contribution >= 0.6 is 11.3 Å². The number of urea groups is 1. The molecule has 1 heterocycles. The molecule has 0 saturated heterocycles. The molecule has 0 aromatic carbocycles. The Balaban J connectivity index is 2.24. The molecule has 0 aliphatic rings. The van der Waals surface area contributed by atoms with Crippen molar-refractivity contribution in [1.82, 2.24) is 15.6 Å². The summed E-state index contributed by atoms with van der Waals surface area (Å²) in [5.74, 6) is 0. The molecule has 72 valence electrons. The van der Waals surface area contributed by atoms with E-state index in [1.807, 2.05) is 12.3 Å². The molecule has 0 fully saturated rings. The lowest BCUT2D eigenvalue weighted by Crippen LogP contribution is -2.34. The molecule has 13 heavy (non-hydrogen) atoms. The van der Waals surface area contributed by atoms with Gasteiger partial charge in [0, 0.05) is 25.4 Å². The summed E-state index contributed by atoms with van der Waals surface area (Å²) in [6, 6.07) is -0.146. The highest BCUT2D eigenvalue weighted by molar-refractivity contribution is 7.09. The van der Waals surface area contributed by atoms with Gasteiger partial charge in [-0.05, 0) is 6.92 Å². The van der Waals surface area contributed by atoms with Gasteiger partial charge in [0.1, 0.15) is 0 Å². The summed E-state index contributed by atoms with van der Waals surface area (Å²) in [5.41, 5.74) is 1.04. The number of rotatable bonds is 3. The van der Waals surface area contributed by atoms with Crippen LogP contribution in [0.25, 0.3) is 0 Å². The zero-order valence-electron chi connectivity index (χ0n) is 7.76. The summed E-state index contributed by atoms with van der Waals surface area (Å²) in [6.45, 7) is 2.60. The normalized spacial score (nSPS) is 9.69. The first-order valence-electron chi connectivity index (χ1n) is 4.09. The molecule has 1 rings (SSSR count). The maximum absolute atomic E-state index is 10.8. The van der Waals surface area contributed by atoms with E-state index >= 15 is 0 Å². The monoisotopic (exact) mass is 199 g/mol. The molecule has 0 atom stereocenters. The van der Waals surface area contributed by atoms with Crippen LogP contribution in [-0.4, -0.2) is 24.6 Å². The Morgan fingerprint density at radius 3 is 3.00 bits per heavy atom. The maximum atomic E-state index is 10.8. The van der Waals surface area contributed by atoms with E-state index in [1.165, 1.54) is 0 Å². The van der Waals surface area contributed by atoms with Gasteiger partial charge in [-0.15, -0.1) is 11.3 Å². The van der Waals surface area contributed by atoms with E-state index in [0.717, 1.165) is 17.1 Å². The number of nitrogens with one attached hydrogen (secondary N) is 2. The minimum Gasteiger partial charge on any atom is -0.341 e. The summed E-state index contributed by atoms with van der Waals surface area (Å²) in [5, 5.41) is 8.27. The fraction of sp³-hybridized carbons (Fsp3) is 0.500. The van der Waals surface area contributed by atoms with Crippen molar-refractivity contribution in [1.29, 1.82) is 0 Å². The number of carbonyl (C=O) groups excluding carboxylic acids is 1. The van der Waals surface area contributed by atoms with Crippen LogP contribution in [0, 0.1) is 6.92 Å². The Morgan fingerprint density at radius 1 is 1.69 bits per heavy atom. The van der Waals surface area contributed by atoms with Gasteiger partial charge in [0.2, 0.25) is 0 Å². The topological polar surface area (TPSA) is 54.0 Å². The standard InChI is InChI=1S/C8H13N3OS/c1-6-11-7(5-13-6)3-4-10-8(12)9-2/h5H,3-4H2,1-2H3,(H2,9,10,12). The second-order valence-electron chi connectivity index (χ2n) is 2.61. The van der Waals surface area contributed by atoms with Crippen LogP contribution in [0.4, 0.5) is 4.79 Å². The minimum absolute atomic E-state index is 0.146. The van der Waals surface area contributed by atoms with Gasteiger partial charge >= 0.3 is 6.03 Å². The van der Waals surface area contributed by atoms with Gasteiger partial charge in [0.25, 0.3) is 0 Å². The zero-order chi connectivity index (χ0) is 9.68. The van der Waals surface area contributed by atoms with E-state index in [2.05, 4.69) is 15.6 Å². The van der Waals surface area contributed by atoms with Gasteiger partial charge in [-0.25, -0.2) is 9.78 Å². The molecule has 2 N–H and O–H groups in total. The average molecular weight is 199 g/mol. The van der Waals surface area contributed by atoms with E-state index in [-0.39, 0.29) is 6.03 Å². The quantitative estimate of drug-likeness (QED) is 0.760. The highest BCUT2D eigenvalue weighted by atomic mass is 32.1. The molecule has 5 heteroatoms. The van der Waals surface area contributed by atoms with Crippen molar-refractivity contribution in [2.75, 3.05) is 13.6 Å². The Bertz CT molecular complexity index is 285. The second kappa shape index (κ2) is 4.81. The fourth-order valence-electron chi connectivity index (χ4n) is 0.916. The predicted octanol–water partition coefficient (Wildman–Crippen LogP) is 0.923. The lowest BCUT2D eigenvalue weighted by Gasteiger charge is -2.01. The third-order valence-electron chi connectivity index (χ3n) is 1.56. The lowest BCUT2D eigenvalue weighted by molar-refractivity contribution is 0.243. The second-order valence-corrected chi connectivity index (χ2v) is 3.68. The SMILES string of the molecule is CNC(=O)NCCc1csc(C)n1. The number of aryl methyl sites for hydroxylation is 1. The molecular weight excluding hydrogens is 186 g/mol. The Kier molecular flexibility index (Phi) is 3.70. The molecule has 0 spiro atoms. The molecule has 0 aliphatic heterocycles. The van der Waals surface area contributed by atoms with E-state index in [0.29, 0.717) is 6.54 Å². The number of carbonyl (C=O) groups is 1. The highest BCUT2D eigenvalue weighted by Gasteiger charge is 1.99. The first-order chi connectivity index (χ1) is 6.22. The number of aromatic nitrogens is 1. The van der Waals surface area contributed by atoms with E-state index in [9.17, 15) is 4.79 Å².